The molecule has 0 radical (unpaired) electrons. The fourth-order valence-corrected chi connectivity index (χ4v) is 8.63. The molecule has 0 spiro atoms. The average molecular weight is 739 g/mol. The predicted octanol–water partition coefficient (Wildman–Crippen LogP) is 3.13. The van der Waals surface area contributed by atoms with Crippen molar-refractivity contribution in [3.05, 3.63) is 75.0 Å². The number of furan rings is 1. The number of carbonyl (C=O) groups excluding carboxylic acids is 5. The van der Waals surface area contributed by atoms with Crippen molar-refractivity contribution in [1.29, 1.82) is 5.26 Å². The van der Waals surface area contributed by atoms with Crippen molar-refractivity contribution in [3.8, 4) is 11.8 Å². The van der Waals surface area contributed by atoms with Crippen LogP contribution in [0.2, 0.25) is 0 Å². The number of hydrogen-bond acceptors (Lipinski definition) is 13. The molecule has 54 heavy (non-hydrogen) atoms. The van der Waals surface area contributed by atoms with Crippen molar-refractivity contribution < 1.29 is 47.3 Å². The van der Waals surface area contributed by atoms with Gasteiger partial charge >= 0.3 is 0 Å². The van der Waals surface area contributed by atoms with Crippen molar-refractivity contribution in [1.82, 2.24) is 15.1 Å². The van der Waals surface area contributed by atoms with Gasteiger partial charge in [-0.25, -0.2) is 0 Å². The topological polar surface area (TPSA) is 178 Å². The fourth-order valence-electron chi connectivity index (χ4n) is 8.63. The Morgan fingerprint density at radius 3 is 2.17 bits per heavy atom. The number of likely N-dealkylation sites (N-methyl/N-ethyl adjacent to an activating group) is 1. The Morgan fingerprint density at radius 2 is 1.56 bits per heavy atom. The monoisotopic (exact) mass is 738 g/mol. The number of methoxy groups -OCH3 is 2. The summed E-state index contributed by atoms with van der Waals surface area (Å²) in [4.78, 5) is 73.6. The Balaban J connectivity index is 1.26. The van der Waals surface area contributed by atoms with Gasteiger partial charge in [0.2, 0.25) is 11.6 Å². The molecule has 1 amide bonds. The minimum absolute atomic E-state index is 0.00909. The van der Waals surface area contributed by atoms with Crippen LogP contribution in [0.3, 0.4) is 0 Å². The molecule has 14 heteroatoms. The molecular weight excluding hydrogens is 696 g/mol. The lowest BCUT2D eigenvalue weighted by atomic mass is 9.74. The van der Waals surface area contributed by atoms with Gasteiger partial charge in [0.05, 0.1) is 45.6 Å². The van der Waals surface area contributed by atoms with Crippen LogP contribution in [0, 0.1) is 11.3 Å². The van der Waals surface area contributed by atoms with E-state index in [0.717, 1.165) is 12.8 Å². The third kappa shape index (κ3) is 6.06. The number of benzene rings is 1. The highest BCUT2D eigenvalue weighted by molar-refractivity contribution is 6.26. The van der Waals surface area contributed by atoms with Crippen LogP contribution >= 0.6 is 0 Å². The SMILES string of the molecule is COC1=C(C)C(=O)C2=C(C1=O)C(CNC(=O)c1cc3cc(OC4CCOCC4)ccc3o1)N1C(C2)[C@H](N(C)C)C2=C(C[C@@H]1C#N)C(=O)C(C)=C(OC)C2=O. The highest BCUT2D eigenvalue weighted by Gasteiger charge is 2.54. The molecule has 1 fully saturated rings. The van der Waals surface area contributed by atoms with Gasteiger partial charge in [-0.1, -0.05) is 0 Å². The van der Waals surface area contributed by atoms with Gasteiger partial charge in [0.1, 0.15) is 23.5 Å². The number of allylic oxidation sites excluding steroid dienone is 4. The summed E-state index contributed by atoms with van der Waals surface area (Å²) in [6.07, 6.45) is 1.45. The number of hydrogen-bond donors (Lipinski definition) is 1. The average Bonchev–Trinajstić information content (AvgIpc) is 3.52. The van der Waals surface area contributed by atoms with Crippen LogP contribution in [0.5, 0.6) is 5.75 Å². The van der Waals surface area contributed by atoms with Gasteiger partial charge in [0.25, 0.3) is 5.91 Å². The molecule has 5 aliphatic rings. The number of nitriles is 1. The van der Waals surface area contributed by atoms with Gasteiger partial charge in [-0.15, -0.1) is 0 Å². The van der Waals surface area contributed by atoms with E-state index in [1.807, 2.05) is 0 Å². The molecule has 1 N–H and O–H groups in total. The maximum atomic E-state index is 14.2. The van der Waals surface area contributed by atoms with Gasteiger partial charge in [0.15, 0.2) is 28.8 Å². The molecule has 4 atom stereocenters. The van der Waals surface area contributed by atoms with E-state index in [2.05, 4.69) is 11.4 Å². The molecule has 3 aliphatic heterocycles. The Hall–Kier alpha value is -5.36. The molecular formula is C40H42N4O10. The van der Waals surface area contributed by atoms with E-state index < -0.39 is 53.2 Å². The number of carbonyl (C=O) groups is 5. The van der Waals surface area contributed by atoms with Gasteiger partial charge < -0.3 is 33.6 Å². The number of fused-ring (bicyclic) bond motifs is 2. The van der Waals surface area contributed by atoms with Crippen molar-refractivity contribution in [3.63, 3.8) is 0 Å². The van der Waals surface area contributed by atoms with Gasteiger partial charge in [-0.2, -0.15) is 5.26 Å². The number of nitrogens with zero attached hydrogens (tertiary/aromatic N) is 3. The normalized spacial score (nSPS) is 25.4. The summed E-state index contributed by atoms with van der Waals surface area (Å²) in [6, 6.07) is 5.63. The molecule has 0 saturated carbocycles. The molecule has 2 unspecified atom stereocenters. The second kappa shape index (κ2) is 14.5. The van der Waals surface area contributed by atoms with E-state index in [4.69, 9.17) is 23.4 Å². The molecule has 1 saturated heterocycles. The Kier molecular flexibility index (Phi) is 9.91. The Labute approximate surface area is 312 Å². The van der Waals surface area contributed by atoms with Crippen LogP contribution in [-0.4, -0.2) is 117 Å². The quantitative estimate of drug-likeness (QED) is 0.391. The van der Waals surface area contributed by atoms with E-state index in [0.29, 0.717) is 29.9 Å². The number of amides is 1. The van der Waals surface area contributed by atoms with E-state index in [-0.39, 0.29) is 76.2 Å². The highest BCUT2D eigenvalue weighted by Crippen LogP contribution is 2.45. The standard InChI is InChI=1S/C40H42N4O10/c1-19-34(45)25-15-22(17-41)44-27(33(43(3)4)32(25)37(48)39(19)51-6)16-26-31(36(47)38(50-5)20(2)35(26)46)28(44)18-42-40(49)30-14-21-13-24(7-8-29(21)54-30)53-23-9-11-52-12-10-23/h7-8,13-14,22-23,27-28,33H,9-12,15-16,18H2,1-6H3,(H,42,49)/t22-,27?,28?,33+/m1/s1. The van der Waals surface area contributed by atoms with E-state index in [1.54, 1.807) is 48.2 Å². The summed E-state index contributed by atoms with van der Waals surface area (Å²) in [5, 5.41) is 14.3. The molecule has 14 nitrogen and oxygen atoms in total. The summed E-state index contributed by atoms with van der Waals surface area (Å²) in [5.41, 5.74) is 1.42. The van der Waals surface area contributed by atoms with E-state index in [1.165, 1.54) is 28.1 Å². The van der Waals surface area contributed by atoms with Crippen molar-refractivity contribution >= 4 is 40.0 Å². The lowest BCUT2D eigenvalue weighted by Gasteiger charge is -2.49. The highest BCUT2D eigenvalue weighted by atomic mass is 16.5. The molecule has 0 bridgehead atoms. The second-order valence-corrected chi connectivity index (χ2v) is 14.4. The summed E-state index contributed by atoms with van der Waals surface area (Å²) in [5.74, 6) is -1.95. The van der Waals surface area contributed by atoms with Crippen molar-refractivity contribution in [2.75, 3.05) is 48.1 Å². The van der Waals surface area contributed by atoms with E-state index in [9.17, 15) is 29.2 Å². The van der Waals surface area contributed by atoms with E-state index >= 15 is 0 Å². The number of ether oxygens (including phenoxy) is 4. The number of nitrogens with one attached hydrogen (secondary N) is 1. The first-order valence-electron chi connectivity index (χ1n) is 17.9. The molecule has 2 aromatic rings. The first kappa shape index (κ1) is 37.0. The maximum Gasteiger partial charge on any atom is 0.287 e. The third-order valence-electron chi connectivity index (χ3n) is 11.1. The third-order valence-corrected chi connectivity index (χ3v) is 11.1. The zero-order chi connectivity index (χ0) is 38.6. The Bertz CT molecular complexity index is 2160. The lowest BCUT2D eigenvalue weighted by molar-refractivity contribution is -0.121. The van der Waals surface area contributed by atoms with Crippen LogP contribution in [0.4, 0.5) is 0 Å². The second-order valence-electron chi connectivity index (χ2n) is 14.4. The molecule has 1 aromatic heterocycles. The zero-order valence-corrected chi connectivity index (χ0v) is 31.1. The zero-order valence-electron chi connectivity index (χ0n) is 31.1. The molecule has 4 heterocycles. The number of ketones is 4. The predicted molar refractivity (Wildman–Crippen MR) is 192 cm³/mol. The van der Waals surface area contributed by atoms with Crippen molar-refractivity contribution in [2.24, 2.45) is 0 Å². The van der Waals surface area contributed by atoms with Gasteiger partial charge in [0, 0.05) is 70.7 Å². The smallest absolute Gasteiger partial charge is 0.287 e. The van der Waals surface area contributed by atoms with Crippen LogP contribution in [0.1, 0.15) is 50.1 Å². The Morgan fingerprint density at radius 1 is 0.926 bits per heavy atom. The van der Waals surface area contributed by atoms with Gasteiger partial charge in [-0.05, 0) is 58.6 Å². The van der Waals surface area contributed by atoms with Crippen LogP contribution in [0.15, 0.2) is 73.6 Å². The number of Topliss-reactive ketones (excluding diaryl/α,β-unsaturated/α-hetero) is 4. The fraction of sp³-hybridized carbons (Fsp3) is 0.450. The molecule has 282 valence electrons. The van der Waals surface area contributed by atoms with Crippen LogP contribution in [-0.2, 0) is 33.4 Å². The minimum Gasteiger partial charge on any atom is -0.492 e. The summed E-state index contributed by atoms with van der Waals surface area (Å²) in [6.45, 7) is 4.08. The summed E-state index contributed by atoms with van der Waals surface area (Å²) in [7, 11) is 6.14. The summed E-state index contributed by atoms with van der Waals surface area (Å²) < 4.78 is 28.3. The van der Waals surface area contributed by atoms with Gasteiger partial charge in [-0.3, -0.25) is 28.9 Å². The maximum absolute atomic E-state index is 14.2. The first-order chi connectivity index (χ1) is 25.9. The first-order valence-corrected chi connectivity index (χ1v) is 17.9. The molecule has 7 rings (SSSR count). The van der Waals surface area contributed by atoms with Crippen molar-refractivity contribution in [2.45, 2.75) is 69.8 Å². The van der Waals surface area contributed by atoms with Crippen LogP contribution < -0.4 is 10.1 Å². The summed E-state index contributed by atoms with van der Waals surface area (Å²) >= 11 is 0. The molecule has 2 aliphatic carbocycles. The lowest BCUT2D eigenvalue weighted by Crippen LogP contribution is -2.63. The number of rotatable bonds is 8. The largest absolute Gasteiger partial charge is 0.492 e. The molecule has 1 aromatic carbocycles. The van der Waals surface area contributed by atoms with Crippen LogP contribution in [0.25, 0.3) is 11.0 Å². The minimum atomic E-state index is -1.03.